The van der Waals surface area contributed by atoms with E-state index in [1.54, 1.807) is 0 Å². The molecule has 3 aliphatic rings. The molecule has 2 heteroatoms. The standard InChI is InChI=1S/C15H28N2/c1-12-6-8-16-15(12)11-17-9-7-13-4-2-3-5-14(13)10-17/h12-16H,2-11H2,1H3. The van der Waals surface area contributed by atoms with Crippen LogP contribution in [0.1, 0.15) is 45.4 Å². The summed E-state index contributed by atoms with van der Waals surface area (Å²) in [6.45, 7) is 7.73. The van der Waals surface area contributed by atoms with Crippen LogP contribution in [0.4, 0.5) is 0 Å². The van der Waals surface area contributed by atoms with Gasteiger partial charge in [0.05, 0.1) is 0 Å². The zero-order chi connectivity index (χ0) is 11.7. The SMILES string of the molecule is CC1CCNC1CN1CCC2CCCCC2C1. The van der Waals surface area contributed by atoms with Crippen LogP contribution in [0.3, 0.4) is 0 Å². The van der Waals surface area contributed by atoms with Gasteiger partial charge >= 0.3 is 0 Å². The van der Waals surface area contributed by atoms with E-state index in [-0.39, 0.29) is 0 Å². The number of rotatable bonds is 2. The van der Waals surface area contributed by atoms with Gasteiger partial charge in [-0.3, -0.25) is 0 Å². The van der Waals surface area contributed by atoms with Gasteiger partial charge in [-0.05, 0) is 50.1 Å². The number of nitrogens with one attached hydrogen (secondary N) is 1. The van der Waals surface area contributed by atoms with E-state index in [4.69, 9.17) is 0 Å². The van der Waals surface area contributed by atoms with Gasteiger partial charge in [0.25, 0.3) is 0 Å². The molecule has 0 spiro atoms. The number of fused-ring (bicyclic) bond motifs is 1. The first kappa shape index (κ1) is 12.0. The van der Waals surface area contributed by atoms with Crippen LogP contribution in [0, 0.1) is 17.8 Å². The Hall–Kier alpha value is -0.0800. The molecule has 0 radical (unpaired) electrons. The van der Waals surface area contributed by atoms with Crippen LogP contribution < -0.4 is 5.32 Å². The fourth-order valence-corrected chi connectivity index (χ4v) is 4.26. The lowest BCUT2D eigenvalue weighted by molar-refractivity contribution is 0.0783. The van der Waals surface area contributed by atoms with E-state index >= 15 is 0 Å². The quantitative estimate of drug-likeness (QED) is 0.792. The van der Waals surface area contributed by atoms with Crippen molar-refractivity contribution in [3.05, 3.63) is 0 Å². The molecule has 2 nitrogen and oxygen atoms in total. The monoisotopic (exact) mass is 236 g/mol. The predicted octanol–water partition coefficient (Wildman–Crippen LogP) is 2.50. The largest absolute Gasteiger partial charge is 0.312 e. The van der Waals surface area contributed by atoms with Gasteiger partial charge in [0.2, 0.25) is 0 Å². The van der Waals surface area contributed by atoms with Gasteiger partial charge in [-0.2, -0.15) is 0 Å². The summed E-state index contributed by atoms with van der Waals surface area (Å²) in [4.78, 5) is 2.76. The second-order valence-corrected chi connectivity index (χ2v) is 6.68. The lowest BCUT2D eigenvalue weighted by atomic mass is 9.75. The van der Waals surface area contributed by atoms with Crippen LogP contribution >= 0.6 is 0 Å². The summed E-state index contributed by atoms with van der Waals surface area (Å²) in [7, 11) is 0. The van der Waals surface area contributed by atoms with E-state index in [2.05, 4.69) is 17.1 Å². The van der Waals surface area contributed by atoms with Gasteiger partial charge < -0.3 is 10.2 Å². The first-order valence-corrected chi connectivity index (χ1v) is 7.78. The third kappa shape index (κ3) is 2.68. The average molecular weight is 236 g/mol. The molecular weight excluding hydrogens is 208 g/mol. The number of hydrogen-bond acceptors (Lipinski definition) is 2. The molecule has 98 valence electrons. The summed E-state index contributed by atoms with van der Waals surface area (Å²) in [6, 6.07) is 0.773. The Labute approximate surface area is 106 Å². The van der Waals surface area contributed by atoms with E-state index in [1.807, 2.05) is 0 Å². The second kappa shape index (κ2) is 5.27. The molecule has 2 aliphatic heterocycles. The zero-order valence-electron chi connectivity index (χ0n) is 11.3. The van der Waals surface area contributed by atoms with Crippen molar-refractivity contribution >= 4 is 0 Å². The van der Waals surface area contributed by atoms with Gasteiger partial charge in [0.15, 0.2) is 0 Å². The van der Waals surface area contributed by atoms with E-state index in [0.29, 0.717) is 0 Å². The van der Waals surface area contributed by atoms with Crippen LogP contribution in [-0.2, 0) is 0 Å². The molecule has 4 atom stereocenters. The van der Waals surface area contributed by atoms with E-state index in [9.17, 15) is 0 Å². The number of piperidine rings is 1. The Morgan fingerprint density at radius 3 is 2.65 bits per heavy atom. The molecule has 2 saturated heterocycles. The molecule has 0 aromatic carbocycles. The minimum atomic E-state index is 0.773. The molecule has 17 heavy (non-hydrogen) atoms. The number of likely N-dealkylation sites (tertiary alicyclic amines) is 1. The summed E-state index contributed by atoms with van der Waals surface area (Å²) in [5.74, 6) is 3.00. The van der Waals surface area contributed by atoms with Gasteiger partial charge in [-0.15, -0.1) is 0 Å². The Balaban J connectivity index is 1.51. The summed E-state index contributed by atoms with van der Waals surface area (Å²) in [6.07, 6.45) is 8.89. The van der Waals surface area contributed by atoms with Crippen molar-refractivity contribution in [2.45, 2.75) is 51.5 Å². The molecule has 0 aromatic rings. The highest BCUT2D eigenvalue weighted by atomic mass is 15.2. The van der Waals surface area contributed by atoms with Crippen molar-refractivity contribution in [3.63, 3.8) is 0 Å². The van der Waals surface area contributed by atoms with E-state index < -0.39 is 0 Å². The highest BCUT2D eigenvalue weighted by Gasteiger charge is 2.33. The average Bonchev–Trinajstić information content (AvgIpc) is 2.75. The van der Waals surface area contributed by atoms with E-state index in [0.717, 1.165) is 23.8 Å². The molecule has 3 rings (SSSR count). The van der Waals surface area contributed by atoms with E-state index in [1.165, 1.54) is 64.7 Å². The Kier molecular flexibility index (Phi) is 3.72. The summed E-state index contributed by atoms with van der Waals surface area (Å²) < 4.78 is 0. The highest BCUT2D eigenvalue weighted by molar-refractivity contribution is 4.88. The Morgan fingerprint density at radius 1 is 1.06 bits per heavy atom. The fourth-order valence-electron chi connectivity index (χ4n) is 4.26. The fraction of sp³-hybridized carbons (Fsp3) is 1.00. The van der Waals surface area contributed by atoms with Gasteiger partial charge in [0, 0.05) is 19.1 Å². The number of nitrogens with zero attached hydrogens (tertiary/aromatic N) is 1. The summed E-state index contributed by atoms with van der Waals surface area (Å²) in [5.41, 5.74) is 0. The van der Waals surface area contributed by atoms with Crippen molar-refractivity contribution < 1.29 is 0 Å². The second-order valence-electron chi connectivity index (χ2n) is 6.68. The molecule has 0 amide bonds. The smallest absolute Gasteiger partial charge is 0.0221 e. The maximum absolute atomic E-state index is 3.68. The molecule has 1 saturated carbocycles. The van der Waals surface area contributed by atoms with Crippen molar-refractivity contribution in [1.29, 1.82) is 0 Å². The minimum Gasteiger partial charge on any atom is -0.312 e. The third-order valence-corrected chi connectivity index (χ3v) is 5.52. The molecule has 1 N–H and O–H groups in total. The van der Waals surface area contributed by atoms with Gasteiger partial charge in [-0.1, -0.05) is 26.2 Å². The van der Waals surface area contributed by atoms with Crippen molar-refractivity contribution in [2.24, 2.45) is 17.8 Å². The molecule has 0 aromatic heterocycles. The van der Waals surface area contributed by atoms with Crippen LogP contribution in [0.5, 0.6) is 0 Å². The molecule has 0 bridgehead atoms. The van der Waals surface area contributed by atoms with Crippen LogP contribution in [0.15, 0.2) is 0 Å². The van der Waals surface area contributed by atoms with Crippen molar-refractivity contribution in [3.8, 4) is 0 Å². The molecule has 3 fully saturated rings. The third-order valence-electron chi connectivity index (χ3n) is 5.52. The first-order valence-electron chi connectivity index (χ1n) is 7.78. The van der Waals surface area contributed by atoms with Crippen LogP contribution in [0.25, 0.3) is 0 Å². The van der Waals surface area contributed by atoms with Gasteiger partial charge in [-0.25, -0.2) is 0 Å². The number of hydrogen-bond donors (Lipinski definition) is 1. The predicted molar refractivity (Wildman–Crippen MR) is 72.1 cm³/mol. The summed E-state index contributed by atoms with van der Waals surface area (Å²) >= 11 is 0. The molecule has 4 unspecified atom stereocenters. The van der Waals surface area contributed by atoms with Crippen LogP contribution in [0.2, 0.25) is 0 Å². The van der Waals surface area contributed by atoms with Crippen molar-refractivity contribution in [1.82, 2.24) is 10.2 Å². The maximum atomic E-state index is 3.68. The topological polar surface area (TPSA) is 15.3 Å². The lowest BCUT2D eigenvalue weighted by Crippen LogP contribution is -2.47. The molecule has 2 heterocycles. The molecule has 1 aliphatic carbocycles. The maximum Gasteiger partial charge on any atom is 0.0221 e. The highest BCUT2D eigenvalue weighted by Crippen LogP contribution is 2.36. The zero-order valence-corrected chi connectivity index (χ0v) is 11.3. The normalized spacial score (nSPS) is 43.6. The Bertz CT molecular complexity index is 253. The molecular formula is C15H28N2. The van der Waals surface area contributed by atoms with Crippen LogP contribution in [-0.4, -0.2) is 37.1 Å². The van der Waals surface area contributed by atoms with Crippen molar-refractivity contribution in [2.75, 3.05) is 26.2 Å². The minimum absolute atomic E-state index is 0.773. The lowest BCUT2D eigenvalue weighted by Gasteiger charge is -2.42. The van der Waals surface area contributed by atoms with Gasteiger partial charge in [0.1, 0.15) is 0 Å². The Morgan fingerprint density at radius 2 is 1.88 bits per heavy atom. The summed E-state index contributed by atoms with van der Waals surface area (Å²) in [5, 5.41) is 3.68. The first-order chi connectivity index (χ1) is 8.33.